The summed E-state index contributed by atoms with van der Waals surface area (Å²) in [5, 5.41) is 0.617. The fraction of sp³-hybridized carbons (Fsp3) is 0.0714. The average molecular weight is 416 g/mol. The first kappa shape index (κ1) is 13.9. The maximum atomic E-state index is 6.29. The van der Waals surface area contributed by atoms with Crippen LogP contribution in [0.2, 0.25) is 5.02 Å². The van der Waals surface area contributed by atoms with Gasteiger partial charge in [-0.05, 0) is 46.6 Å². The summed E-state index contributed by atoms with van der Waals surface area (Å²) < 4.78 is 3.75. The second-order valence-corrected chi connectivity index (χ2v) is 6.74. The van der Waals surface area contributed by atoms with Gasteiger partial charge in [-0.2, -0.15) is 0 Å². The number of anilines is 1. The molecular formula is C14H10Br2ClN3. The normalized spacial score (nSPS) is 11.2. The van der Waals surface area contributed by atoms with E-state index in [4.69, 9.17) is 17.3 Å². The molecule has 2 N–H and O–H groups in total. The minimum absolute atomic E-state index is 0.577. The van der Waals surface area contributed by atoms with Crippen LogP contribution in [0, 0.1) is 6.92 Å². The van der Waals surface area contributed by atoms with E-state index in [9.17, 15) is 0 Å². The number of halogens is 3. The Bertz CT molecular complexity index is 827. The molecule has 0 unspecified atom stereocenters. The molecule has 0 radical (unpaired) electrons. The predicted molar refractivity (Wildman–Crippen MR) is 90.2 cm³/mol. The molecule has 0 atom stereocenters. The van der Waals surface area contributed by atoms with E-state index in [1.54, 1.807) is 0 Å². The molecular weight excluding hydrogens is 405 g/mol. The lowest BCUT2D eigenvalue weighted by molar-refractivity contribution is 1.16. The highest BCUT2D eigenvalue weighted by atomic mass is 79.9. The third kappa shape index (κ3) is 2.24. The van der Waals surface area contributed by atoms with Gasteiger partial charge < -0.3 is 5.73 Å². The Morgan fingerprint density at radius 3 is 2.65 bits per heavy atom. The van der Waals surface area contributed by atoms with Gasteiger partial charge in [-0.1, -0.05) is 33.6 Å². The highest BCUT2D eigenvalue weighted by molar-refractivity contribution is 9.10. The minimum Gasteiger partial charge on any atom is -0.383 e. The van der Waals surface area contributed by atoms with Gasteiger partial charge in [0.05, 0.1) is 5.02 Å². The molecule has 0 aliphatic heterocycles. The number of rotatable bonds is 1. The summed E-state index contributed by atoms with van der Waals surface area (Å²) in [7, 11) is 0. The number of nitrogens with two attached hydrogens (primary N) is 1. The second-order valence-electron chi connectivity index (χ2n) is 4.50. The zero-order valence-electron chi connectivity index (χ0n) is 10.5. The third-order valence-electron chi connectivity index (χ3n) is 3.09. The summed E-state index contributed by atoms with van der Waals surface area (Å²) in [6.07, 6.45) is 1.90. The van der Waals surface area contributed by atoms with Crippen molar-refractivity contribution >= 4 is 54.9 Å². The number of benzene rings is 1. The molecule has 20 heavy (non-hydrogen) atoms. The number of nitrogen functional groups attached to an aromatic ring is 1. The Kier molecular flexibility index (Phi) is 3.52. The van der Waals surface area contributed by atoms with E-state index >= 15 is 0 Å². The lowest BCUT2D eigenvalue weighted by Crippen LogP contribution is -1.95. The molecule has 0 spiro atoms. The van der Waals surface area contributed by atoms with Crippen molar-refractivity contribution < 1.29 is 0 Å². The lowest BCUT2D eigenvalue weighted by Gasteiger charge is -2.03. The van der Waals surface area contributed by atoms with Crippen molar-refractivity contribution in [1.82, 2.24) is 9.38 Å². The fourth-order valence-electron chi connectivity index (χ4n) is 2.17. The van der Waals surface area contributed by atoms with Crippen molar-refractivity contribution in [2.45, 2.75) is 6.92 Å². The molecule has 0 bridgehead atoms. The maximum Gasteiger partial charge on any atom is 0.142 e. The molecule has 3 rings (SSSR count). The van der Waals surface area contributed by atoms with Gasteiger partial charge in [0, 0.05) is 20.7 Å². The number of hydrogen-bond donors (Lipinski definition) is 1. The van der Waals surface area contributed by atoms with Crippen LogP contribution in [0.15, 0.2) is 39.4 Å². The molecule has 0 fully saturated rings. The monoisotopic (exact) mass is 413 g/mol. The molecule has 0 amide bonds. The van der Waals surface area contributed by atoms with Gasteiger partial charge in [-0.25, -0.2) is 4.98 Å². The summed E-state index contributed by atoms with van der Waals surface area (Å²) in [6, 6.07) is 7.68. The van der Waals surface area contributed by atoms with Crippen molar-refractivity contribution in [2.75, 3.05) is 5.73 Å². The zero-order chi connectivity index (χ0) is 14.4. The molecule has 1 aromatic carbocycles. The van der Waals surface area contributed by atoms with Crippen LogP contribution in [-0.4, -0.2) is 9.38 Å². The molecule has 2 heterocycles. The van der Waals surface area contributed by atoms with Crippen molar-refractivity contribution in [3.8, 4) is 11.3 Å². The molecule has 102 valence electrons. The van der Waals surface area contributed by atoms with Crippen LogP contribution in [0.25, 0.3) is 16.9 Å². The van der Waals surface area contributed by atoms with Crippen LogP contribution in [0.4, 0.5) is 5.82 Å². The number of fused-ring (bicyclic) bond motifs is 1. The molecule has 0 aliphatic rings. The third-order valence-corrected chi connectivity index (χ3v) is 4.33. The van der Waals surface area contributed by atoms with Crippen molar-refractivity contribution in [2.24, 2.45) is 0 Å². The number of aromatic nitrogens is 2. The Labute approximate surface area is 138 Å². The molecule has 0 saturated heterocycles. The van der Waals surface area contributed by atoms with Gasteiger partial charge in [0.1, 0.15) is 17.2 Å². The average Bonchev–Trinajstić information content (AvgIpc) is 2.68. The van der Waals surface area contributed by atoms with Crippen molar-refractivity contribution in [3.63, 3.8) is 0 Å². The minimum atomic E-state index is 0.577. The van der Waals surface area contributed by atoms with E-state index < -0.39 is 0 Å². The topological polar surface area (TPSA) is 43.3 Å². The second kappa shape index (κ2) is 5.06. The van der Waals surface area contributed by atoms with Crippen LogP contribution < -0.4 is 5.73 Å². The van der Waals surface area contributed by atoms with Crippen LogP contribution in [0.3, 0.4) is 0 Å². The van der Waals surface area contributed by atoms with Gasteiger partial charge >= 0.3 is 0 Å². The highest BCUT2D eigenvalue weighted by Crippen LogP contribution is 2.34. The number of hydrogen-bond acceptors (Lipinski definition) is 2. The Morgan fingerprint density at radius 2 is 1.95 bits per heavy atom. The number of imidazole rings is 1. The smallest absolute Gasteiger partial charge is 0.142 e. The highest BCUT2D eigenvalue weighted by Gasteiger charge is 2.15. The first-order valence-electron chi connectivity index (χ1n) is 5.86. The molecule has 0 aliphatic carbocycles. The molecule has 0 saturated carbocycles. The van der Waals surface area contributed by atoms with Crippen LogP contribution in [0.1, 0.15) is 5.56 Å². The van der Waals surface area contributed by atoms with E-state index in [1.807, 2.05) is 41.8 Å². The predicted octanol–water partition coefficient (Wildman–Crippen LogP) is 5.07. The summed E-state index contributed by atoms with van der Waals surface area (Å²) >= 11 is 13.2. The number of aryl methyl sites for hydroxylation is 1. The van der Waals surface area contributed by atoms with E-state index in [2.05, 4.69) is 36.8 Å². The van der Waals surface area contributed by atoms with E-state index in [-0.39, 0.29) is 0 Å². The number of pyridine rings is 1. The Morgan fingerprint density at radius 1 is 1.20 bits per heavy atom. The first-order valence-corrected chi connectivity index (χ1v) is 7.83. The summed E-state index contributed by atoms with van der Waals surface area (Å²) in [5.74, 6) is 0.577. The zero-order valence-corrected chi connectivity index (χ0v) is 14.4. The first-order chi connectivity index (χ1) is 9.47. The molecule has 3 aromatic rings. The van der Waals surface area contributed by atoms with Crippen LogP contribution in [0.5, 0.6) is 0 Å². The van der Waals surface area contributed by atoms with Gasteiger partial charge in [0.15, 0.2) is 0 Å². The number of nitrogens with zero attached hydrogens (tertiary/aromatic N) is 2. The van der Waals surface area contributed by atoms with Crippen molar-refractivity contribution in [3.05, 3.63) is 50.0 Å². The van der Waals surface area contributed by atoms with Crippen molar-refractivity contribution in [1.29, 1.82) is 0 Å². The standard InChI is InChI=1S/C14H10Br2ClN3/c1-7-4-9(16)6-20-13(18)12(19-14(7)20)10-3-2-8(15)5-11(10)17/h2-6H,18H2,1H3. The lowest BCUT2D eigenvalue weighted by atomic mass is 10.1. The Hall–Kier alpha value is -1.04. The summed E-state index contributed by atoms with van der Waals surface area (Å²) in [4.78, 5) is 4.63. The summed E-state index contributed by atoms with van der Waals surface area (Å²) in [6.45, 7) is 2.00. The van der Waals surface area contributed by atoms with E-state index in [1.165, 1.54) is 0 Å². The Balaban J connectivity index is 2.32. The quantitative estimate of drug-likeness (QED) is 0.603. The van der Waals surface area contributed by atoms with Gasteiger partial charge in [0.25, 0.3) is 0 Å². The van der Waals surface area contributed by atoms with Gasteiger partial charge in [-0.3, -0.25) is 4.40 Å². The van der Waals surface area contributed by atoms with Crippen LogP contribution >= 0.6 is 43.5 Å². The summed E-state index contributed by atoms with van der Waals surface area (Å²) in [5.41, 5.74) is 9.63. The van der Waals surface area contributed by atoms with Gasteiger partial charge in [-0.15, -0.1) is 0 Å². The van der Waals surface area contributed by atoms with Gasteiger partial charge in [0.2, 0.25) is 0 Å². The maximum absolute atomic E-state index is 6.29. The molecule has 2 aromatic heterocycles. The fourth-order valence-corrected chi connectivity index (χ4v) is 3.48. The molecule has 3 nitrogen and oxygen atoms in total. The SMILES string of the molecule is Cc1cc(Br)cn2c(N)c(-c3ccc(Br)cc3Cl)nc12. The van der Waals surface area contributed by atoms with E-state index in [0.717, 1.165) is 25.7 Å². The molecule has 6 heteroatoms. The van der Waals surface area contributed by atoms with Crippen LogP contribution in [-0.2, 0) is 0 Å². The largest absolute Gasteiger partial charge is 0.383 e. The van der Waals surface area contributed by atoms with E-state index in [0.29, 0.717) is 16.5 Å².